The molecular weight excluding hydrogens is 307 g/mol. The average molecular weight is 315 g/mol. The number of hydrogen-bond donors (Lipinski definition) is 1. The topological polar surface area (TPSA) is 56.6 Å². The Balaban J connectivity index is 2.32. The summed E-state index contributed by atoms with van der Waals surface area (Å²) in [5.41, 5.74) is 2.36. The summed E-state index contributed by atoms with van der Waals surface area (Å²) in [6, 6.07) is 13.8. The van der Waals surface area contributed by atoms with Crippen molar-refractivity contribution in [1.82, 2.24) is 4.98 Å². The minimum atomic E-state index is -0.185. The van der Waals surface area contributed by atoms with E-state index in [0.717, 1.165) is 10.9 Å². The Morgan fingerprint density at radius 1 is 1.00 bits per heavy atom. The summed E-state index contributed by atoms with van der Waals surface area (Å²) in [6.45, 7) is 0. The van der Waals surface area contributed by atoms with Crippen molar-refractivity contribution in [3.05, 3.63) is 68.4 Å². The highest BCUT2D eigenvalue weighted by Gasteiger charge is 2.12. The largest absolute Gasteiger partial charge is 0.322 e. The van der Waals surface area contributed by atoms with Gasteiger partial charge in [-0.25, -0.2) is 0 Å². The van der Waals surface area contributed by atoms with Crippen molar-refractivity contribution in [1.29, 1.82) is 5.26 Å². The molecule has 5 heteroatoms. The average Bonchev–Trinajstić information content (AvgIpc) is 2.48. The molecule has 0 aliphatic carbocycles. The summed E-state index contributed by atoms with van der Waals surface area (Å²) >= 11 is 12.3. The summed E-state index contributed by atoms with van der Waals surface area (Å²) in [5, 5.41) is 11.0. The number of nitrogens with zero attached hydrogens (tertiary/aromatic N) is 1. The second-order valence-corrected chi connectivity index (χ2v) is 5.33. The molecule has 0 unspecified atom stereocenters. The van der Waals surface area contributed by atoms with E-state index in [1.54, 1.807) is 36.4 Å². The van der Waals surface area contributed by atoms with Crippen LogP contribution >= 0.6 is 23.2 Å². The second-order valence-electron chi connectivity index (χ2n) is 4.51. The van der Waals surface area contributed by atoms with Crippen LogP contribution in [0.2, 0.25) is 10.0 Å². The highest BCUT2D eigenvalue weighted by atomic mass is 35.5. The molecule has 1 heterocycles. The predicted molar refractivity (Wildman–Crippen MR) is 84.7 cm³/mol. The molecule has 0 saturated carbocycles. The highest BCUT2D eigenvalue weighted by molar-refractivity contribution is 6.38. The lowest BCUT2D eigenvalue weighted by Crippen LogP contribution is -2.02. The number of halogens is 2. The van der Waals surface area contributed by atoms with Gasteiger partial charge in [0.15, 0.2) is 0 Å². The van der Waals surface area contributed by atoms with Gasteiger partial charge >= 0.3 is 0 Å². The fourth-order valence-electron chi connectivity index (χ4n) is 2.25. The van der Waals surface area contributed by atoms with Gasteiger partial charge in [0.1, 0.15) is 0 Å². The van der Waals surface area contributed by atoms with Crippen molar-refractivity contribution in [2.75, 3.05) is 0 Å². The normalized spacial score (nSPS) is 10.5. The Labute approximate surface area is 130 Å². The van der Waals surface area contributed by atoms with Gasteiger partial charge in [0.2, 0.25) is 5.56 Å². The zero-order valence-electron chi connectivity index (χ0n) is 10.7. The molecule has 21 heavy (non-hydrogen) atoms. The number of hydrogen-bond acceptors (Lipinski definition) is 2. The van der Waals surface area contributed by atoms with Crippen LogP contribution in [0.25, 0.3) is 22.0 Å². The number of pyridine rings is 1. The third kappa shape index (κ3) is 2.40. The van der Waals surface area contributed by atoms with Gasteiger partial charge in [0, 0.05) is 33.1 Å². The second kappa shape index (κ2) is 5.25. The molecule has 0 aliphatic rings. The van der Waals surface area contributed by atoms with Crippen molar-refractivity contribution in [2.24, 2.45) is 0 Å². The van der Waals surface area contributed by atoms with Gasteiger partial charge < -0.3 is 4.98 Å². The van der Waals surface area contributed by atoms with Crippen molar-refractivity contribution >= 4 is 34.1 Å². The molecule has 3 nitrogen and oxygen atoms in total. The fourth-order valence-corrected chi connectivity index (χ4v) is 2.75. The summed E-state index contributed by atoms with van der Waals surface area (Å²) in [6.07, 6.45) is 0. The molecule has 102 valence electrons. The molecule has 1 aromatic heterocycles. The maximum Gasteiger partial charge on any atom is 0.248 e. The molecule has 0 bridgehead atoms. The van der Waals surface area contributed by atoms with Crippen molar-refractivity contribution < 1.29 is 0 Å². The van der Waals surface area contributed by atoms with Gasteiger partial charge in [-0.3, -0.25) is 4.79 Å². The van der Waals surface area contributed by atoms with Crippen LogP contribution in [0, 0.1) is 11.3 Å². The van der Waals surface area contributed by atoms with Gasteiger partial charge in [-0.1, -0.05) is 35.3 Å². The molecule has 0 atom stereocenters. The van der Waals surface area contributed by atoms with E-state index < -0.39 is 0 Å². The molecule has 0 saturated heterocycles. The van der Waals surface area contributed by atoms with Crippen molar-refractivity contribution in [3.63, 3.8) is 0 Å². The first-order valence-corrected chi connectivity index (χ1v) is 6.87. The van der Waals surface area contributed by atoms with Gasteiger partial charge in [0.05, 0.1) is 16.7 Å². The lowest BCUT2D eigenvalue weighted by Gasteiger charge is -2.09. The van der Waals surface area contributed by atoms with E-state index in [-0.39, 0.29) is 5.56 Å². The van der Waals surface area contributed by atoms with Gasteiger partial charge in [-0.2, -0.15) is 5.26 Å². The smallest absolute Gasteiger partial charge is 0.248 e. The third-order valence-electron chi connectivity index (χ3n) is 3.23. The molecule has 0 amide bonds. The summed E-state index contributed by atoms with van der Waals surface area (Å²) in [4.78, 5) is 14.1. The monoisotopic (exact) mass is 314 g/mol. The Hall–Kier alpha value is -2.28. The van der Waals surface area contributed by atoms with E-state index in [2.05, 4.69) is 11.1 Å². The zero-order valence-corrected chi connectivity index (χ0v) is 12.2. The molecule has 1 N–H and O–H groups in total. The number of fused-ring (bicyclic) bond motifs is 1. The van der Waals surface area contributed by atoms with E-state index in [0.29, 0.717) is 26.7 Å². The first-order chi connectivity index (χ1) is 10.1. The maximum absolute atomic E-state index is 11.3. The lowest BCUT2D eigenvalue weighted by atomic mass is 9.98. The fraction of sp³-hybridized carbons (Fsp3) is 0. The van der Waals surface area contributed by atoms with Crippen LogP contribution in [0.3, 0.4) is 0 Å². The van der Waals surface area contributed by atoms with E-state index >= 15 is 0 Å². The molecule has 2 aromatic carbocycles. The minimum Gasteiger partial charge on any atom is -0.322 e. The summed E-state index contributed by atoms with van der Waals surface area (Å²) in [5.74, 6) is 0. The van der Waals surface area contributed by atoms with Crippen LogP contribution in [0.15, 0.2) is 47.3 Å². The molecule has 0 radical (unpaired) electrons. The Kier molecular flexibility index (Phi) is 3.42. The maximum atomic E-state index is 11.3. The van der Waals surface area contributed by atoms with Crippen LogP contribution in [0.4, 0.5) is 0 Å². The molecule has 3 rings (SSSR count). The number of rotatable bonds is 1. The number of aromatic nitrogens is 1. The van der Waals surface area contributed by atoms with E-state index in [4.69, 9.17) is 23.2 Å². The zero-order chi connectivity index (χ0) is 15.0. The van der Waals surface area contributed by atoms with Crippen molar-refractivity contribution in [3.8, 4) is 17.2 Å². The molecule has 3 aromatic rings. The number of benzene rings is 2. The standard InChI is InChI=1S/C16H8Cl2N2O/c17-10-1-2-11(9(7-10)8-19)12-3-5-14-13(16(12)18)4-6-15(21)20-14/h1-7H,(H,20,21). The Morgan fingerprint density at radius 2 is 1.76 bits per heavy atom. The van der Waals surface area contributed by atoms with Gasteiger partial charge in [-0.05, 0) is 24.3 Å². The molecule has 0 fully saturated rings. The SMILES string of the molecule is N#Cc1cc(Cl)ccc1-c1ccc2[nH]c(=O)ccc2c1Cl. The van der Waals surface area contributed by atoms with Crippen LogP contribution in [-0.2, 0) is 0 Å². The summed E-state index contributed by atoms with van der Waals surface area (Å²) in [7, 11) is 0. The number of aromatic amines is 1. The van der Waals surface area contributed by atoms with E-state index in [1.807, 2.05) is 0 Å². The van der Waals surface area contributed by atoms with Gasteiger partial charge in [-0.15, -0.1) is 0 Å². The van der Waals surface area contributed by atoms with Crippen LogP contribution in [0.1, 0.15) is 5.56 Å². The van der Waals surface area contributed by atoms with E-state index in [1.165, 1.54) is 6.07 Å². The first-order valence-electron chi connectivity index (χ1n) is 6.12. The quantitative estimate of drug-likeness (QED) is 0.725. The number of H-pyrrole nitrogens is 1. The third-order valence-corrected chi connectivity index (χ3v) is 3.87. The lowest BCUT2D eigenvalue weighted by molar-refractivity contribution is 1.31. The first kappa shape index (κ1) is 13.7. The number of nitrogens with one attached hydrogen (secondary N) is 1. The van der Waals surface area contributed by atoms with Crippen LogP contribution in [-0.4, -0.2) is 4.98 Å². The predicted octanol–water partition coefficient (Wildman–Crippen LogP) is 4.37. The van der Waals surface area contributed by atoms with Crippen LogP contribution < -0.4 is 5.56 Å². The van der Waals surface area contributed by atoms with Crippen LogP contribution in [0.5, 0.6) is 0 Å². The highest BCUT2D eigenvalue weighted by Crippen LogP contribution is 2.35. The molecular formula is C16H8Cl2N2O. The minimum absolute atomic E-state index is 0.185. The molecule has 0 aliphatic heterocycles. The van der Waals surface area contributed by atoms with Gasteiger partial charge in [0.25, 0.3) is 0 Å². The molecule has 0 spiro atoms. The summed E-state index contributed by atoms with van der Waals surface area (Å²) < 4.78 is 0. The Bertz CT molecular complexity index is 955. The Morgan fingerprint density at radius 3 is 2.52 bits per heavy atom. The number of nitriles is 1. The van der Waals surface area contributed by atoms with Crippen molar-refractivity contribution in [2.45, 2.75) is 0 Å². The van der Waals surface area contributed by atoms with E-state index in [9.17, 15) is 10.1 Å².